The molecule has 0 bridgehead atoms. The van der Waals surface area contributed by atoms with Crippen molar-refractivity contribution in [3.8, 4) is 0 Å². The average molecular weight is 609 g/mol. The van der Waals surface area contributed by atoms with E-state index in [0.29, 0.717) is 6.42 Å². The van der Waals surface area contributed by atoms with Crippen molar-refractivity contribution in [2.24, 2.45) is 5.92 Å². The van der Waals surface area contributed by atoms with Crippen molar-refractivity contribution < 1.29 is 9.37 Å². The summed E-state index contributed by atoms with van der Waals surface area (Å²) < 4.78 is 2.32. The summed E-state index contributed by atoms with van der Waals surface area (Å²) in [6, 6.07) is 17.5. The molecule has 4 nitrogen and oxygen atoms in total. The van der Waals surface area contributed by atoms with Gasteiger partial charge in [-0.25, -0.2) is 0 Å². The maximum atomic E-state index is 12.4. The molecule has 0 fully saturated rings. The van der Waals surface area contributed by atoms with E-state index in [4.69, 9.17) is 0 Å². The number of nitrogens with zero attached hydrogens (tertiary/aromatic N) is 2. The van der Waals surface area contributed by atoms with Crippen LogP contribution < -0.4 is 10.2 Å². The van der Waals surface area contributed by atoms with Gasteiger partial charge in [0.25, 0.3) is 0 Å². The van der Waals surface area contributed by atoms with Gasteiger partial charge in [-0.1, -0.05) is 114 Å². The molecule has 0 aromatic heterocycles. The molecule has 1 amide bonds. The van der Waals surface area contributed by atoms with Gasteiger partial charge >= 0.3 is 0 Å². The Kier molecular flexibility index (Phi) is 12.1. The number of amides is 1. The summed E-state index contributed by atoms with van der Waals surface area (Å²) >= 11 is 0. The molecule has 2 aliphatic rings. The molecule has 0 aliphatic carbocycles. The van der Waals surface area contributed by atoms with Crippen LogP contribution >= 0.6 is 0 Å². The van der Waals surface area contributed by atoms with Crippen LogP contribution in [0.2, 0.25) is 0 Å². The fraction of sp³-hybridized carbons (Fsp3) is 0.512. The first-order chi connectivity index (χ1) is 21.5. The van der Waals surface area contributed by atoms with E-state index in [2.05, 4.69) is 142 Å². The predicted octanol–water partition coefficient (Wildman–Crippen LogP) is 9.77. The lowest BCUT2D eigenvalue weighted by Gasteiger charge is -2.27. The van der Waals surface area contributed by atoms with E-state index in [1.165, 1.54) is 59.6 Å². The van der Waals surface area contributed by atoms with Crippen LogP contribution in [0.3, 0.4) is 0 Å². The van der Waals surface area contributed by atoms with Gasteiger partial charge in [-0.2, -0.15) is 4.58 Å². The summed E-state index contributed by atoms with van der Waals surface area (Å²) in [5.41, 5.74) is 7.91. The smallest absolute Gasteiger partial charge is 0.219 e. The first kappa shape index (κ1) is 34.5. The third-order valence-electron chi connectivity index (χ3n) is 9.79. The summed E-state index contributed by atoms with van der Waals surface area (Å²) in [6.45, 7) is 15.6. The van der Waals surface area contributed by atoms with E-state index in [1.807, 2.05) is 0 Å². The van der Waals surface area contributed by atoms with Crippen molar-refractivity contribution >= 4 is 23.0 Å². The van der Waals surface area contributed by atoms with Crippen molar-refractivity contribution in [1.82, 2.24) is 5.32 Å². The number of benzene rings is 2. The number of carbonyl (C=O) groups excluding carboxylic acids is 1. The second kappa shape index (κ2) is 15.7. The van der Waals surface area contributed by atoms with Crippen LogP contribution in [0.25, 0.3) is 0 Å². The predicted molar refractivity (Wildman–Crippen MR) is 193 cm³/mol. The van der Waals surface area contributed by atoms with Crippen LogP contribution in [0.5, 0.6) is 0 Å². The molecular formula is C41H58N3O+. The number of anilines is 1. The van der Waals surface area contributed by atoms with Crippen LogP contribution in [0.4, 0.5) is 11.4 Å². The fourth-order valence-corrected chi connectivity index (χ4v) is 7.12. The molecule has 0 radical (unpaired) electrons. The van der Waals surface area contributed by atoms with Crippen molar-refractivity contribution in [2.75, 3.05) is 25.0 Å². The molecular weight excluding hydrogens is 550 g/mol. The molecule has 4 heteroatoms. The van der Waals surface area contributed by atoms with Crippen LogP contribution in [0.15, 0.2) is 84.6 Å². The van der Waals surface area contributed by atoms with E-state index in [-0.39, 0.29) is 16.7 Å². The van der Waals surface area contributed by atoms with Crippen molar-refractivity contribution in [3.63, 3.8) is 0 Å². The molecule has 45 heavy (non-hydrogen) atoms. The lowest BCUT2D eigenvalue weighted by Crippen LogP contribution is -2.27. The zero-order valence-corrected chi connectivity index (χ0v) is 29.2. The standard InChI is InChI=1S/C41H57N3O/c1-32(2)22-12-8-9-20-30-42-39(45)29-15-11-21-31-44-36-26-19-17-24-34(36)41(5,6)38(44)28-14-10-13-27-37-40(3,4)33-23-16-18-25-35(33)43(37)7/h10,13-14,16-19,23-28,32H,8-9,11-12,15,20-22,29-31H2,1-7H3/p+1. The van der Waals surface area contributed by atoms with Gasteiger partial charge in [0.2, 0.25) is 11.6 Å². The minimum Gasteiger partial charge on any atom is -0.356 e. The Morgan fingerprint density at radius 1 is 0.822 bits per heavy atom. The second-order valence-electron chi connectivity index (χ2n) is 14.4. The van der Waals surface area contributed by atoms with E-state index >= 15 is 0 Å². The summed E-state index contributed by atoms with van der Waals surface area (Å²) in [7, 11) is 2.16. The van der Waals surface area contributed by atoms with Gasteiger partial charge in [0, 0.05) is 54.0 Å². The summed E-state index contributed by atoms with van der Waals surface area (Å²) in [6.07, 6.45) is 21.0. The Labute approximate surface area is 274 Å². The monoisotopic (exact) mass is 608 g/mol. The molecule has 0 atom stereocenters. The lowest BCUT2D eigenvalue weighted by atomic mass is 9.81. The van der Waals surface area contributed by atoms with E-state index in [1.54, 1.807) is 0 Å². The van der Waals surface area contributed by atoms with Crippen LogP contribution in [-0.4, -0.2) is 36.3 Å². The number of unbranched alkanes of at least 4 members (excludes halogenated alkanes) is 5. The van der Waals surface area contributed by atoms with Gasteiger partial charge in [0.1, 0.15) is 7.05 Å². The third-order valence-corrected chi connectivity index (χ3v) is 9.79. The van der Waals surface area contributed by atoms with Gasteiger partial charge in [-0.15, -0.1) is 0 Å². The molecule has 1 N–H and O–H groups in total. The minimum absolute atomic E-state index is 0.0202. The molecule has 242 valence electrons. The first-order valence-electron chi connectivity index (χ1n) is 17.4. The quantitative estimate of drug-likeness (QED) is 0.117. The van der Waals surface area contributed by atoms with Crippen LogP contribution in [0.1, 0.15) is 110 Å². The number of para-hydroxylation sites is 2. The number of fused-ring (bicyclic) bond motifs is 2. The summed E-state index contributed by atoms with van der Waals surface area (Å²) in [5, 5.41) is 3.13. The topological polar surface area (TPSA) is 35.4 Å². The molecule has 2 aliphatic heterocycles. The van der Waals surface area contributed by atoms with Crippen molar-refractivity contribution in [1.29, 1.82) is 0 Å². The summed E-state index contributed by atoms with van der Waals surface area (Å²) in [5.74, 6) is 0.997. The highest BCUT2D eigenvalue weighted by Crippen LogP contribution is 2.47. The number of nitrogens with one attached hydrogen (secondary N) is 1. The van der Waals surface area contributed by atoms with E-state index < -0.39 is 0 Å². The lowest BCUT2D eigenvalue weighted by molar-refractivity contribution is -0.401. The largest absolute Gasteiger partial charge is 0.356 e. The number of hydrogen-bond donors (Lipinski definition) is 1. The molecule has 2 aromatic rings. The molecule has 0 saturated carbocycles. The molecule has 4 rings (SSSR count). The highest BCUT2D eigenvalue weighted by atomic mass is 16.1. The molecule has 2 aromatic carbocycles. The van der Waals surface area contributed by atoms with Gasteiger partial charge in [0.15, 0.2) is 5.71 Å². The molecule has 0 unspecified atom stereocenters. The Bertz CT molecular complexity index is 1420. The highest BCUT2D eigenvalue weighted by molar-refractivity contribution is 6.03. The number of rotatable bonds is 16. The van der Waals surface area contributed by atoms with Gasteiger partial charge in [-0.05, 0) is 56.7 Å². The van der Waals surface area contributed by atoms with E-state index in [0.717, 1.165) is 44.7 Å². The van der Waals surface area contributed by atoms with Crippen LogP contribution in [0, 0.1) is 5.92 Å². The Hall–Kier alpha value is -3.40. The number of allylic oxidation sites excluding steroid dienone is 6. The van der Waals surface area contributed by atoms with Crippen LogP contribution in [-0.2, 0) is 15.6 Å². The number of carbonyl (C=O) groups is 1. The molecule has 0 saturated heterocycles. The van der Waals surface area contributed by atoms with Crippen molar-refractivity contribution in [3.05, 3.63) is 95.7 Å². The van der Waals surface area contributed by atoms with Gasteiger partial charge in [0.05, 0.1) is 5.41 Å². The molecule has 0 spiro atoms. The zero-order valence-electron chi connectivity index (χ0n) is 29.2. The second-order valence-corrected chi connectivity index (χ2v) is 14.4. The maximum Gasteiger partial charge on any atom is 0.219 e. The SMILES string of the molecule is CC(C)CCCCCCNC(=O)CCCCCN1C(=CC=CC=CC2=[N+](C)c3ccccc3C2(C)C)C(C)(C)c2ccccc21. The van der Waals surface area contributed by atoms with E-state index in [9.17, 15) is 4.79 Å². The van der Waals surface area contributed by atoms with Gasteiger partial charge < -0.3 is 10.2 Å². The zero-order chi connectivity index (χ0) is 32.5. The first-order valence-corrected chi connectivity index (χ1v) is 17.4. The van der Waals surface area contributed by atoms with Gasteiger partial charge in [-0.3, -0.25) is 4.79 Å². The minimum atomic E-state index is -0.0661. The molecule has 2 heterocycles. The Morgan fingerprint density at radius 2 is 1.51 bits per heavy atom. The normalized spacial score (nSPS) is 17.7. The average Bonchev–Trinajstić information content (AvgIpc) is 3.34. The Morgan fingerprint density at radius 3 is 2.27 bits per heavy atom. The summed E-state index contributed by atoms with van der Waals surface area (Å²) in [4.78, 5) is 14.9. The van der Waals surface area contributed by atoms with Crippen molar-refractivity contribution in [2.45, 2.75) is 110 Å². The maximum absolute atomic E-state index is 12.4. The highest BCUT2D eigenvalue weighted by Gasteiger charge is 2.42. The number of hydrogen-bond acceptors (Lipinski definition) is 2. The Balaban J connectivity index is 1.30. The third kappa shape index (κ3) is 8.45. The fourth-order valence-electron chi connectivity index (χ4n) is 7.12.